The second kappa shape index (κ2) is 89.0. The molecule has 1 heterocycles. The molecule has 0 aliphatic carbocycles. The number of methoxy groups -OCH3 is 4. The van der Waals surface area contributed by atoms with Crippen LogP contribution in [0.2, 0.25) is 0 Å². The average molecular weight is 1560 g/mol. The summed E-state index contributed by atoms with van der Waals surface area (Å²) in [6.45, 7) is 6.27. The van der Waals surface area contributed by atoms with Gasteiger partial charge in [0.15, 0.2) is 0 Å². The highest BCUT2D eigenvalue weighted by atomic mass is 79.9. The molecular formula is C60H125Br2N11O17S4. The summed E-state index contributed by atoms with van der Waals surface area (Å²) < 4.78 is 19.6. The lowest BCUT2D eigenvalue weighted by Crippen LogP contribution is -2.34. The molecule has 0 aromatic rings. The quantitative estimate of drug-likeness (QED) is 0.0127. The summed E-state index contributed by atoms with van der Waals surface area (Å²) in [7, 11) is 11.2. The first kappa shape index (κ1) is 111. The van der Waals surface area contributed by atoms with Gasteiger partial charge in [-0.15, -0.1) is 5.06 Å². The molecule has 0 aromatic carbocycles. The lowest BCUT2D eigenvalue weighted by atomic mass is 10.3. The van der Waals surface area contributed by atoms with E-state index in [9.17, 15) is 57.5 Å². The van der Waals surface area contributed by atoms with E-state index in [0.29, 0.717) is 109 Å². The van der Waals surface area contributed by atoms with E-state index in [0.717, 1.165) is 79.5 Å². The Labute approximate surface area is 599 Å². The first-order valence-corrected chi connectivity index (χ1v) is 35.5. The summed E-state index contributed by atoms with van der Waals surface area (Å²) in [5, 5.41) is 25.9. The number of nitrogens with zero attached hydrogens (tertiary/aromatic N) is 1. The molecular weight excluding hydrogens is 1430 g/mol. The third-order valence-electron chi connectivity index (χ3n) is 10.4. The van der Waals surface area contributed by atoms with E-state index in [2.05, 4.69) is 103 Å². The lowest BCUT2D eigenvalue weighted by molar-refractivity contribution is -0.197. The van der Waals surface area contributed by atoms with E-state index >= 15 is 0 Å². The molecule has 1 fully saturated rings. The number of thiol groups is 1. The standard InChI is InChI=1S/C17H34N2O4S2.C14H27N3O4S.C9H11BrN2O5.C8H17NO2S.C6H11BrN2O2.CH5N.5CH4/c1-22-11-5-9-18-16(20)7-3-13-24-15-25-14-4-8-17(21)19-10-6-12-23-2;1-15-12(18)6-8-17-14(20)11-22-10-3-5-13(19)16-7-4-9-21-2;10-5-6(13)11-4-3-9(16)17-12-7(14)1-2-8(12)15;1-11-6-3-5-9-8(10)4-2-7-12;1-8-5(10)2-3-9-6(11)4-7;1-2;;;;;/h3-15H2,1-2H3,(H,18,20)(H,19,21);3-11H2,1-2H3,(H,15,18)(H,16,19)(H,17,20);1-5H2,(H,11,13);12H,2-7H2,1H3,(H,9,10);2-4H2,1H3,(H,8,10)(H,9,11);2H2,1H3;5*1H4. The topological polar surface area (TPSA) is 389 Å². The number of amides is 11. The Morgan fingerprint density at radius 1 is 0.426 bits per heavy atom. The maximum Gasteiger partial charge on any atom is 0.334 e. The molecule has 0 spiro atoms. The van der Waals surface area contributed by atoms with Gasteiger partial charge in [-0.3, -0.25) is 52.7 Å². The van der Waals surface area contributed by atoms with Crippen molar-refractivity contribution in [3.63, 3.8) is 0 Å². The van der Waals surface area contributed by atoms with Crippen molar-refractivity contribution < 1.29 is 81.3 Å². The zero-order valence-electron chi connectivity index (χ0n) is 53.3. The number of carbonyl (C=O) groups excluding carboxylic acids is 12. The Kier molecular flexibility index (Phi) is 105. The van der Waals surface area contributed by atoms with Gasteiger partial charge in [-0.25, -0.2) is 4.79 Å². The van der Waals surface area contributed by atoms with Gasteiger partial charge in [0, 0.05) is 171 Å². The fourth-order valence-electron chi connectivity index (χ4n) is 5.85. The number of hydroxylamine groups is 2. The summed E-state index contributed by atoms with van der Waals surface area (Å²) in [6.07, 6.45) is 9.69. The van der Waals surface area contributed by atoms with E-state index < -0.39 is 17.8 Å². The van der Waals surface area contributed by atoms with E-state index in [4.69, 9.17) is 18.9 Å². The van der Waals surface area contributed by atoms with Gasteiger partial charge in [-0.1, -0.05) is 69.0 Å². The van der Waals surface area contributed by atoms with E-state index in [1.165, 1.54) is 18.8 Å². The number of hydrogen-bond donors (Lipinski definition) is 11. The number of halogens is 2. The van der Waals surface area contributed by atoms with Crippen LogP contribution >= 0.6 is 79.8 Å². The van der Waals surface area contributed by atoms with Crippen LogP contribution in [0.3, 0.4) is 0 Å². The smallest absolute Gasteiger partial charge is 0.334 e. The number of thioether (sulfide) groups is 3. The number of rotatable bonds is 47. The largest absolute Gasteiger partial charge is 0.385 e. The monoisotopic (exact) mass is 1560 g/mol. The Morgan fingerprint density at radius 3 is 1.03 bits per heavy atom. The maximum atomic E-state index is 11.5. The van der Waals surface area contributed by atoms with Crippen molar-refractivity contribution in [2.45, 2.75) is 146 Å². The molecule has 0 atom stereocenters. The van der Waals surface area contributed by atoms with Crippen molar-refractivity contribution in [2.75, 3.05) is 166 Å². The second-order valence-corrected chi connectivity index (χ2v) is 23.1. The van der Waals surface area contributed by atoms with Gasteiger partial charge in [0.25, 0.3) is 11.8 Å². The van der Waals surface area contributed by atoms with Crippen LogP contribution in [0, 0.1) is 0 Å². The Morgan fingerprint density at radius 2 is 0.723 bits per heavy atom. The van der Waals surface area contributed by atoms with Crippen LogP contribution in [0.4, 0.5) is 0 Å². The summed E-state index contributed by atoms with van der Waals surface area (Å²) in [4.78, 5) is 138. The van der Waals surface area contributed by atoms with E-state index in [-0.39, 0.29) is 133 Å². The van der Waals surface area contributed by atoms with Gasteiger partial charge in [0.1, 0.15) is 0 Å². The molecule has 94 heavy (non-hydrogen) atoms. The predicted molar refractivity (Wildman–Crippen MR) is 395 cm³/mol. The molecule has 1 aliphatic heterocycles. The van der Waals surface area contributed by atoms with Crippen LogP contribution in [0.15, 0.2) is 0 Å². The minimum absolute atomic E-state index is 0. The van der Waals surface area contributed by atoms with Crippen LogP contribution in [0.25, 0.3) is 0 Å². The Bertz CT molecular complexity index is 1830. The molecule has 0 bridgehead atoms. The lowest BCUT2D eigenvalue weighted by Gasteiger charge is -2.12. The summed E-state index contributed by atoms with van der Waals surface area (Å²) in [6, 6.07) is 0. The molecule has 34 heteroatoms. The highest BCUT2D eigenvalue weighted by Gasteiger charge is 2.32. The van der Waals surface area contributed by atoms with Crippen molar-refractivity contribution >= 4 is 151 Å². The van der Waals surface area contributed by atoms with Crippen molar-refractivity contribution in [2.24, 2.45) is 5.73 Å². The van der Waals surface area contributed by atoms with E-state index in [1.807, 2.05) is 23.5 Å². The number of imide groups is 1. The fraction of sp³-hybridized carbons (Fsp3) is 0.800. The van der Waals surface area contributed by atoms with Gasteiger partial charge in [-0.2, -0.15) is 47.9 Å². The number of ether oxygens (including phenoxy) is 4. The molecule has 1 saturated heterocycles. The number of nitrogens with one attached hydrogen (secondary N) is 9. The van der Waals surface area contributed by atoms with Gasteiger partial charge < -0.3 is 77.4 Å². The fourth-order valence-corrected chi connectivity index (χ4v) is 9.30. The third kappa shape index (κ3) is 88.0. The van der Waals surface area contributed by atoms with Crippen molar-refractivity contribution in [3.05, 3.63) is 0 Å². The SMILES string of the molecule is C.C.C.C.C.CN.CNC(=O)CCNC(=O)CBr.CNC(=O)CCNC(=O)CSCCCC(=O)NCCCOC.COCCCNC(=O)CCCS.COCCCNC(=O)CCCSCSCCCC(=O)NCCCOC.O=C(CBr)NCCC(=O)ON1C(=O)CCC1=O. The second-order valence-electron chi connectivity index (χ2n) is 17.9. The molecule has 11 N–H and O–H groups in total. The predicted octanol–water partition coefficient (Wildman–Crippen LogP) is 4.91. The average Bonchev–Trinajstić information content (AvgIpc) is 1.77. The van der Waals surface area contributed by atoms with E-state index in [1.54, 1.807) is 42.5 Å². The molecule has 560 valence electrons. The molecule has 0 saturated carbocycles. The highest BCUT2D eigenvalue weighted by molar-refractivity contribution is 9.09. The minimum atomic E-state index is -0.733. The number of hydrogen-bond acceptors (Lipinski definition) is 22. The van der Waals surface area contributed by atoms with Gasteiger partial charge >= 0.3 is 5.97 Å². The summed E-state index contributed by atoms with van der Waals surface area (Å²) in [5.41, 5.74) is 4.50. The van der Waals surface area contributed by atoms with Crippen LogP contribution < -0.4 is 53.6 Å². The molecule has 0 radical (unpaired) electrons. The molecule has 1 rings (SSSR count). The Balaban J connectivity index is -0.000000118. The number of carbonyl (C=O) groups is 12. The van der Waals surface area contributed by atoms with Crippen LogP contribution in [-0.2, 0) is 81.3 Å². The zero-order valence-corrected chi connectivity index (χ0v) is 59.9. The van der Waals surface area contributed by atoms with Gasteiger partial charge in [-0.05, 0) is 81.4 Å². The molecule has 0 unspecified atom stereocenters. The summed E-state index contributed by atoms with van der Waals surface area (Å²) >= 11 is 15.1. The number of nitrogens with two attached hydrogens (primary N) is 1. The minimum Gasteiger partial charge on any atom is -0.385 e. The van der Waals surface area contributed by atoms with Gasteiger partial charge in [0.2, 0.25) is 53.2 Å². The zero-order chi connectivity index (χ0) is 68.0. The van der Waals surface area contributed by atoms with Gasteiger partial charge in [0.05, 0.1) is 22.8 Å². The third-order valence-corrected chi connectivity index (χ3v) is 15.3. The van der Waals surface area contributed by atoms with Crippen LogP contribution in [0.1, 0.15) is 146 Å². The van der Waals surface area contributed by atoms with Crippen molar-refractivity contribution in [3.8, 4) is 0 Å². The maximum absolute atomic E-state index is 11.5. The first-order chi connectivity index (χ1) is 42.8. The molecule has 11 amide bonds. The van der Waals surface area contributed by atoms with Crippen molar-refractivity contribution in [1.82, 2.24) is 52.9 Å². The first-order valence-electron chi connectivity index (χ1n) is 29.2. The molecule has 28 nitrogen and oxygen atoms in total. The molecule has 0 aromatic heterocycles. The summed E-state index contributed by atoms with van der Waals surface area (Å²) in [5.74, 6) is 1.89. The number of alkyl halides is 2. The normalized spacial score (nSPS) is 10.3. The molecule has 1 aliphatic rings. The Hall–Kier alpha value is -4.00. The van der Waals surface area contributed by atoms with Crippen LogP contribution in [-0.4, -0.2) is 242 Å². The van der Waals surface area contributed by atoms with Crippen LogP contribution in [0.5, 0.6) is 0 Å². The highest BCUT2D eigenvalue weighted by Crippen LogP contribution is 2.15. The van der Waals surface area contributed by atoms with Crippen molar-refractivity contribution in [1.29, 1.82) is 0 Å².